The predicted molar refractivity (Wildman–Crippen MR) is 172 cm³/mol. The summed E-state index contributed by atoms with van der Waals surface area (Å²) in [5.74, 6) is 2.12. The van der Waals surface area contributed by atoms with Crippen molar-refractivity contribution < 1.29 is 28.2 Å². The number of amides is 1. The van der Waals surface area contributed by atoms with Gasteiger partial charge < -0.3 is 14.9 Å². The molecule has 0 aliphatic heterocycles. The summed E-state index contributed by atoms with van der Waals surface area (Å²) in [5, 5.41) is 22.5. The number of hydrogen-bond acceptors (Lipinski definition) is 7. The maximum absolute atomic E-state index is 12.9. The second kappa shape index (κ2) is 12.0. The minimum atomic E-state index is -4.04. The molecule has 0 saturated heterocycles. The standard InChI is InChI=1S/C35H49NO6S2/c1-5-24-28-19-23(37)15-17-35(28,4)27-16-18-34(3)25(11-12-26(34)31(27)32(24)38)21(2)20-42-33(39)36-44(40,41)30-14-13-29(43-30)22-9-7-6-8-10-22/h6-10,13-14,21,23-28,31-32,37-38H,5,11-12,15-20H2,1-4H3,(H,36,39)/t21-,23-,24-,25?,26?,27?,28?,31?,32-,34?,35?/m1/s1. The van der Waals surface area contributed by atoms with Crippen LogP contribution in [0.4, 0.5) is 4.79 Å². The van der Waals surface area contributed by atoms with Gasteiger partial charge in [0.25, 0.3) is 10.0 Å². The van der Waals surface area contributed by atoms with Gasteiger partial charge in [0, 0.05) is 4.88 Å². The molecule has 6 rings (SSSR count). The molecule has 0 radical (unpaired) electrons. The lowest BCUT2D eigenvalue weighted by molar-refractivity contribution is -0.203. The number of carbonyl (C=O) groups excluding carboxylic acids is 1. The van der Waals surface area contributed by atoms with Crippen molar-refractivity contribution in [2.75, 3.05) is 6.61 Å². The van der Waals surface area contributed by atoms with Crippen molar-refractivity contribution in [2.45, 2.75) is 95.5 Å². The van der Waals surface area contributed by atoms with E-state index in [1.54, 1.807) is 6.07 Å². The summed E-state index contributed by atoms with van der Waals surface area (Å²) >= 11 is 1.12. The quantitative estimate of drug-likeness (QED) is 0.297. The first-order valence-electron chi connectivity index (χ1n) is 16.6. The molecule has 44 heavy (non-hydrogen) atoms. The minimum Gasteiger partial charge on any atom is -0.449 e. The summed E-state index contributed by atoms with van der Waals surface area (Å²) < 4.78 is 33.6. The molecule has 1 aromatic heterocycles. The van der Waals surface area contributed by atoms with Crippen molar-refractivity contribution in [3.8, 4) is 10.4 Å². The van der Waals surface area contributed by atoms with Crippen LogP contribution in [0.5, 0.6) is 0 Å². The third-order valence-corrected chi connectivity index (χ3v) is 15.7. The molecule has 1 aromatic carbocycles. The fourth-order valence-electron chi connectivity index (χ4n) is 10.7. The molecule has 2 aromatic rings. The number of ether oxygens (including phenoxy) is 1. The summed E-state index contributed by atoms with van der Waals surface area (Å²) in [4.78, 5) is 13.5. The number of hydrogen-bond donors (Lipinski definition) is 3. The van der Waals surface area contributed by atoms with Crippen LogP contribution in [0, 0.1) is 52.3 Å². The average Bonchev–Trinajstić information content (AvgIpc) is 3.63. The van der Waals surface area contributed by atoms with Crippen LogP contribution in [0.2, 0.25) is 0 Å². The molecule has 4 aliphatic carbocycles. The van der Waals surface area contributed by atoms with Crippen LogP contribution in [0.15, 0.2) is 46.7 Å². The van der Waals surface area contributed by atoms with Crippen LogP contribution in [0.25, 0.3) is 10.4 Å². The number of thiophene rings is 1. The van der Waals surface area contributed by atoms with Crippen LogP contribution in [0.1, 0.15) is 79.1 Å². The van der Waals surface area contributed by atoms with Crippen molar-refractivity contribution in [3.63, 3.8) is 0 Å². The van der Waals surface area contributed by atoms with Crippen LogP contribution < -0.4 is 4.72 Å². The zero-order valence-corrected chi connectivity index (χ0v) is 28.1. The number of fused-ring (bicyclic) bond motifs is 5. The number of aliphatic hydroxyl groups is 2. The number of aliphatic hydroxyl groups excluding tert-OH is 2. The molecule has 242 valence electrons. The predicted octanol–water partition coefficient (Wildman–Crippen LogP) is 7.09. The lowest BCUT2D eigenvalue weighted by atomic mass is 9.41. The maximum Gasteiger partial charge on any atom is 0.421 e. The van der Waals surface area contributed by atoms with Crippen LogP contribution >= 0.6 is 11.3 Å². The van der Waals surface area contributed by atoms with E-state index in [0.29, 0.717) is 23.7 Å². The van der Waals surface area contributed by atoms with E-state index in [-0.39, 0.29) is 51.6 Å². The van der Waals surface area contributed by atoms with Gasteiger partial charge in [-0.05, 0) is 115 Å². The molecule has 4 aliphatic rings. The van der Waals surface area contributed by atoms with E-state index in [1.165, 1.54) is 6.07 Å². The third kappa shape index (κ3) is 5.43. The van der Waals surface area contributed by atoms with E-state index in [0.717, 1.165) is 73.1 Å². The SMILES string of the molecule is CC[C@@H]1C2C[C@H](O)CCC2(C)C2CCC3(C)C(CCC3[C@H](C)COC(=O)NS(=O)(=O)c3ccc(-c4ccccc4)s3)C2[C@@H]1O. The largest absolute Gasteiger partial charge is 0.449 e. The van der Waals surface area contributed by atoms with Crippen molar-refractivity contribution in [1.82, 2.24) is 4.72 Å². The highest BCUT2D eigenvalue weighted by Crippen LogP contribution is 2.69. The van der Waals surface area contributed by atoms with E-state index in [4.69, 9.17) is 4.74 Å². The molecule has 9 heteroatoms. The molecule has 3 N–H and O–H groups in total. The summed E-state index contributed by atoms with van der Waals surface area (Å²) in [6.45, 7) is 9.30. The Morgan fingerprint density at radius 1 is 1.00 bits per heavy atom. The van der Waals surface area contributed by atoms with Gasteiger partial charge in [-0.25, -0.2) is 17.9 Å². The zero-order valence-electron chi connectivity index (χ0n) is 26.4. The van der Waals surface area contributed by atoms with Crippen molar-refractivity contribution in [1.29, 1.82) is 0 Å². The maximum atomic E-state index is 12.9. The molecular weight excluding hydrogens is 595 g/mol. The highest BCUT2D eigenvalue weighted by atomic mass is 32.2. The Morgan fingerprint density at radius 2 is 1.70 bits per heavy atom. The highest BCUT2D eigenvalue weighted by Gasteiger charge is 2.64. The van der Waals surface area contributed by atoms with Gasteiger partial charge in [-0.15, -0.1) is 11.3 Å². The molecule has 0 spiro atoms. The lowest BCUT2D eigenvalue weighted by Gasteiger charge is -2.64. The first-order valence-corrected chi connectivity index (χ1v) is 18.9. The van der Waals surface area contributed by atoms with Gasteiger partial charge in [-0.1, -0.05) is 64.4 Å². The molecule has 7 nitrogen and oxygen atoms in total. The van der Waals surface area contributed by atoms with Crippen LogP contribution in [-0.4, -0.2) is 43.5 Å². The molecule has 4 saturated carbocycles. The second-order valence-corrected chi connectivity index (χ2v) is 17.8. The van der Waals surface area contributed by atoms with Gasteiger partial charge >= 0.3 is 6.09 Å². The van der Waals surface area contributed by atoms with Gasteiger partial charge in [-0.2, -0.15) is 0 Å². The van der Waals surface area contributed by atoms with Gasteiger partial charge in [0.2, 0.25) is 0 Å². The Bertz CT molecular complexity index is 1440. The highest BCUT2D eigenvalue weighted by molar-refractivity contribution is 7.92. The fourth-order valence-corrected chi connectivity index (χ4v) is 12.9. The van der Waals surface area contributed by atoms with Gasteiger partial charge in [0.1, 0.15) is 4.21 Å². The first-order chi connectivity index (χ1) is 20.9. The molecule has 11 atom stereocenters. The molecule has 4 fully saturated rings. The van der Waals surface area contributed by atoms with E-state index in [9.17, 15) is 23.4 Å². The Kier molecular flexibility index (Phi) is 8.74. The van der Waals surface area contributed by atoms with E-state index in [2.05, 4.69) is 32.4 Å². The summed E-state index contributed by atoms with van der Waals surface area (Å²) in [7, 11) is -4.04. The van der Waals surface area contributed by atoms with E-state index >= 15 is 0 Å². The van der Waals surface area contributed by atoms with Crippen molar-refractivity contribution >= 4 is 27.5 Å². The number of benzene rings is 1. The second-order valence-electron chi connectivity index (χ2n) is 14.8. The van der Waals surface area contributed by atoms with Crippen molar-refractivity contribution in [2.24, 2.45) is 52.3 Å². The summed E-state index contributed by atoms with van der Waals surface area (Å²) in [6, 6.07) is 12.8. The molecular formula is C35H49NO6S2. The van der Waals surface area contributed by atoms with E-state index in [1.807, 2.05) is 30.3 Å². The number of rotatable bonds is 7. The smallest absolute Gasteiger partial charge is 0.421 e. The Balaban J connectivity index is 1.10. The van der Waals surface area contributed by atoms with Crippen LogP contribution in [0.3, 0.4) is 0 Å². The zero-order chi connectivity index (χ0) is 31.4. The van der Waals surface area contributed by atoms with Crippen molar-refractivity contribution in [3.05, 3.63) is 42.5 Å². The van der Waals surface area contributed by atoms with Crippen LogP contribution in [-0.2, 0) is 14.8 Å². The monoisotopic (exact) mass is 643 g/mol. The first kappa shape index (κ1) is 32.0. The Morgan fingerprint density at radius 3 is 2.43 bits per heavy atom. The number of carbonyl (C=O) groups is 1. The van der Waals surface area contributed by atoms with Gasteiger partial charge in [0.15, 0.2) is 0 Å². The summed E-state index contributed by atoms with van der Waals surface area (Å²) in [5.41, 5.74) is 1.12. The molecule has 1 amide bonds. The average molecular weight is 644 g/mol. The Labute approximate surface area is 266 Å². The number of nitrogens with one attached hydrogen (secondary N) is 1. The van der Waals surface area contributed by atoms with Gasteiger partial charge in [0.05, 0.1) is 18.8 Å². The molecule has 7 unspecified atom stereocenters. The normalized spacial score (nSPS) is 39.0. The fraction of sp³-hybridized carbons (Fsp3) is 0.686. The lowest BCUT2D eigenvalue weighted by Crippen LogP contribution is -2.62. The third-order valence-electron chi connectivity index (χ3n) is 12.8. The minimum absolute atomic E-state index is 0.0357. The molecule has 1 heterocycles. The van der Waals surface area contributed by atoms with Gasteiger partial charge in [-0.3, -0.25) is 0 Å². The Hall–Kier alpha value is -1.94. The summed E-state index contributed by atoms with van der Waals surface area (Å²) in [6.07, 6.45) is 6.37. The number of sulfonamides is 1. The topological polar surface area (TPSA) is 113 Å². The van der Waals surface area contributed by atoms with E-state index < -0.39 is 16.1 Å². The molecule has 0 bridgehead atoms.